The third-order valence-corrected chi connectivity index (χ3v) is 4.19. The fraction of sp³-hybridized carbons (Fsp3) is 0.238. The normalized spacial score (nSPS) is 11.4. The van der Waals surface area contributed by atoms with Gasteiger partial charge in [-0.05, 0) is 42.3 Å². The Morgan fingerprint density at radius 2 is 1.86 bits per heavy atom. The van der Waals surface area contributed by atoms with Crippen molar-refractivity contribution >= 4 is 22.7 Å². The Bertz CT molecular complexity index is 969. The topological polar surface area (TPSA) is 66.6 Å². The average Bonchev–Trinajstić information content (AvgIpc) is 3.23. The van der Waals surface area contributed by atoms with Crippen molar-refractivity contribution in [2.24, 2.45) is 0 Å². The lowest BCUT2D eigenvalue weighted by Gasteiger charge is -2.10. The van der Waals surface area contributed by atoms with Crippen LogP contribution < -0.4 is 14.2 Å². The molecule has 0 unspecified atom stereocenters. The van der Waals surface area contributed by atoms with E-state index >= 15 is 0 Å². The van der Waals surface area contributed by atoms with E-state index < -0.39 is 0 Å². The lowest BCUT2D eigenvalue weighted by Crippen LogP contribution is -1.97. The third-order valence-electron chi connectivity index (χ3n) is 3.92. The highest BCUT2D eigenvalue weighted by atomic mass is 35.5. The Hall–Kier alpha value is -2.99. The van der Waals surface area contributed by atoms with Gasteiger partial charge in [0.2, 0.25) is 5.82 Å². The quantitative estimate of drug-likeness (QED) is 0.512. The van der Waals surface area contributed by atoms with Gasteiger partial charge in [0.1, 0.15) is 10.8 Å². The number of halogens is 1. The van der Waals surface area contributed by atoms with Gasteiger partial charge >= 0.3 is 0 Å². The molecule has 7 heteroatoms. The first-order valence-corrected chi connectivity index (χ1v) is 9.19. The molecule has 0 amide bonds. The molecule has 3 aromatic rings. The van der Waals surface area contributed by atoms with Crippen molar-refractivity contribution in [3.05, 3.63) is 53.9 Å². The summed E-state index contributed by atoms with van der Waals surface area (Å²) in [6, 6.07) is 13.0. The molecule has 0 aliphatic carbocycles. The molecule has 0 saturated carbocycles. The molecule has 1 aromatic heterocycles. The van der Waals surface area contributed by atoms with E-state index in [1.54, 1.807) is 20.3 Å². The number of methoxy groups -OCH3 is 2. The Labute approximate surface area is 168 Å². The van der Waals surface area contributed by atoms with E-state index in [4.69, 9.17) is 30.3 Å². The van der Waals surface area contributed by atoms with Crippen LogP contribution >= 0.6 is 11.6 Å². The number of nitrogens with zero attached hydrogens (tertiary/aromatic N) is 2. The predicted molar refractivity (Wildman–Crippen MR) is 109 cm³/mol. The summed E-state index contributed by atoms with van der Waals surface area (Å²) in [5, 5.41) is 4.32. The molecule has 0 atom stereocenters. The number of hydrogen-bond donors (Lipinski definition) is 0. The maximum Gasteiger partial charge on any atom is 0.269 e. The van der Waals surface area contributed by atoms with E-state index in [2.05, 4.69) is 10.1 Å². The summed E-state index contributed by atoms with van der Waals surface area (Å²) in [6.45, 7) is 2.67. The Morgan fingerprint density at radius 3 is 2.61 bits per heavy atom. The highest BCUT2D eigenvalue weighted by Gasteiger charge is 2.15. The zero-order valence-corrected chi connectivity index (χ0v) is 16.7. The maximum atomic E-state index is 6.40. The average molecular weight is 401 g/mol. The first-order valence-electron chi connectivity index (χ1n) is 8.81. The van der Waals surface area contributed by atoms with Crippen molar-refractivity contribution in [3.8, 4) is 28.6 Å². The molecule has 0 aliphatic heterocycles. The monoisotopic (exact) mass is 400 g/mol. The molecule has 1 heterocycles. The third kappa shape index (κ3) is 4.46. The van der Waals surface area contributed by atoms with Crippen molar-refractivity contribution < 1.29 is 18.7 Å². The van der Waals surface area contributed by atoms with Crippen LogP contribution in [0.3, 0.4) is 0 Å². The molecule has 146 valence electrons. The molecular weight excluding hydrogens is 380 g/mol. The largest absolute Gasteiger partial charge is 0.496 e. The molecule has 3 rings (SSSR count). The number of ether oxygens (including phenoxy) is 3. The molecule has 6 nitrogen and oxygen atoms in total. The van der Waals surface area contributed by atoms with E-state index in [1.165, 1.54) is 0 Å². The molecule has 0 bridgehead atoms. The van der Waals surface area contributed by atoms with Crippen LogP contribution in [0.25, 0.3) is 22.5 Å². The summed E-state index contributed by atoms with van der Waals surface area (Å²) in [4.78, 5) is 4.37. The van der Waals surface area contributed by atoms with Gasteiger partial charge in [0.05, 0.1) is 26.4 Å². The van der Waals surface area contributed by atoms with Gasteiger partial charge in [-0.3, -0.25) is 0 Å². The number of rotatable bonds is 8. The van der Waals surface area contributed by atoms with Crippen LogP contribution in [-0.4, -0.2) is 31.0 Å². The fourth-order valence-electron chi connectivity index (χ4n) is 2.57. The van der Waals surface area contributed by atoms with Crippen LogP contribution in [0.4, 0.5) is 0 Å². The van der Waals surface area contributed by atoms with E-state index in [0.717, 1.165) is 17.5 Å². The van der Waals surface area contributed by atoms with Gasteiger partial charge in [-0.2, -0.15) is 4.98 Å². The summed E-state index contributed by atoms with van der Waals surface area (Å²) in [7, 11) is 3.19. The summed E-state index contributed by atoms with van der Waals surface area (Å²) < 4.78 is 21.7. The molecule has 0 N–H and O–H groups in total. The summed E-state index contributed by atoms with van der Waals surface area (Å²) in [6.07, 6.45) is 2.65. The number of aromatic nitrogens is 2. The molecule has 0 aliphatic rings. The SMILES string of the molecule is CCCOc1ccc(/C=C(\Cl)c2nc(-c3ccccc3OC)no2)cc1OC. The molecule has 0 radical (unpaired) electrons. The number of benzene rings is 2. The van der Waals surface area contributed by atoms with Gasteiger partial charge in [-0.1, -0.05) is 41.9 Å². The van der Waals surface area contributed by atoms with E-state index in [0.29, 0.717) is 34.7 Å². The highest BCUT2D eigenvalue weighted by Crippen LogP contribution is 2.32. The van der Waals surface area contributed by atoms with Crippen LogP contribution in [0.5, 0.6) is 17.2 Å². The van der Waals surface area contributed by atoms with E-state index in [1.807, 2.05) is 49.4 Å². The van der Waals surface area contributed by atoms with Crippen LogP contribution in [0, 0.1) is 0 Å². The van der Waals surface area contributed by atoms with Gasteiger partial charge in [-0.25, -0.2) is 0 Å². The molecule has 28 heavy (non-hydrogen) atoms. The summed E-state index contributed by atoms with van der Waals surface area (Å²) >= 11 is 6.40. The van der Waals surface area contributed by atoms with Crippen LogP contribution in [0.1, 0.15) is 24.8 Å². The second-order valence-electron chi connectivity index (χ2n) is 5.87. The summed E-state index contributed by atoms with van der Waals surface area (Å²) in [5.74, 6) is 2.59. The number of para-hydroxylation sites is 1. The second kappa shape index (κ2) is 9.28. The van der Waals surface area contributed by atoms with Gasteiger partial charge in [0, 0.05) is 0 Å². The lowest BCUT2D eigenvalue weighted by atomic mass is 10.2. The minimum atomic E-state index is 0.216. The zero-order chi connectivity index (χ0) is 19.9. The van der Waals surface area contributed by atoms with Crippen molar-refractivity contribution in [3.63, 3.8) is 0 Å². The van der Waals surface area contributed by atoms with Crippen LogP contribution in [0.2, 0.25) is 0 Å². The van der Waals surface area contributed by atoms with Gasteiger partial charge in [-0.15, -0.1) is 0 Å². The minimum absolute atomic E-state index is 0.216. The van der Waals surface area contributed by atoms with Crippen molar-refractivity contribution in [2.75, 3.05) is 20.8 Å². The Balaban J connectivity index is 1.85. The standard InChI is InChI=1S/C21H21ClN2O4/c1-4-11-27-18-10-9-14(13-19(18)26-3)12-16(22)21-23-20(24-28-21)15-7-5-6-8-17(15)25-2/h5-10,12-13H,4,11H2,1-3H3/b16-12-. The Kier molecular flexibility index (Phi) is 6.55. The number of hydrogen-bond acceptors (Lipinski definition) is 6. The summed E-state index contributed by atoms with van der Waals surface area (Å²) in [5.41, 5.74) is 1.55. The van der Waals surface area contributed by atoms with Crippen molar-refractivity contribution in [2.45, 2.75) is 13.3 Å². The van der Waals surface area contributed by atoms with Gasteiger partial charge < -0.3 is 18.7 Å². The van der Waals surface area contributed by atoms with Crippen molar-refractivity contribution in [1.82, 2.24) is 10.1 Å². The van der Waals surface area contributed by atoms with Gasteiger partial charge in [0.15, 0.2) is 11.5 Å². The molecule has 0 fully saturated rings. The van der Waals surface area contributed by atoms with Crippen molar-refractivity contribution in [1.29, 1.82) is 0 Å². The smallest absolute Gasteiger partial charge is 0.269 e. The molecule has 2 aromatic carbocycles. The van der Waals surface area contributed by atoms with Crippen LogP contribution in [-0.2, 0) is 0 Å². The predicted octanol–water partition coefficient (Wildman–Crippen LogP) is 5.28. The van der Waals surface area contributed by atoms with E-state index in [-0.39, 0.29) is 5.89 Å². The van der Waals surface area contributed by atoms with E-state index in [9.17, 15) is 0 Å². The molecule has 0 spiro atoms. The lowest BCUT2D eigenvalue weighted by molar-refractivity contribution is 0.294. The van der Waals surface area contributed by atoms with Crippen LogP contribution in [0.15, 0.2) is 47.0 Å². The van der Waals surface area contributed by atoms with Gasteiger partial charge in [0.25, 0.3) is 5.89 Å². The molecular formula is C21H21ClN2O4. The first kappa shape index (κ1) is 19.8. The second-order valence-corrected chi connectivity index (χ2v) is 6.28. The maximum absolute atomic E-state index is 6.40. The highest BCUT2D eigenvalue weighted by molar-refractivity contribution is 6.50. The zero-order valence-electron chi connectivity index (χ0n) is 15.9. The first-order chi connectivity index (χ1) is 13.7. The minimum Gasteiger partial charge on any atom is -0.496 e. The fourth-order valence-corrected chi connectivity index (χ4v) is 2.78. The Morgan fingerprint density at radius 1 is 1.07 bits per heavy atom. The molecule has 0 saturated heterocycles.